The summed E-state index contributed by atoms with van der Waals surface area (Å²) in [5, 5.41) is 7.81. The Kier molecular flexibility index (Phi) is 4.56. The first kappa shape index (κ1) is 14.0. The van der Waals surface area contributed by atoms with Gasteiger partial charge in [-0.1, -0.05) is 24.6 Å². The van der Waals surface area contributed by atoms with Gasteiger partial charge in [0.05, 0.1) is 11.7 Å². The summed E-state index contributed by atoms with van der Waals surface area (Å²) in [7, 11) is 1.79. The first-order valence-electron chi connectivity index (χ1n) is 6.32. The summed E-state index contributed by atoms with van der Waals surface area (Å²) >= 11 is 6.14. The Morgan fingerprint density at radius 1 is 1.42 bits per heavy atom. The summed E-state index contributed by atoms with van der Waals surface area (Å²) in [6.07, 6.45) is 2.69. The zero-order valence-electron chi connectivity index (χ0n) is 11.0. The van der Waals surface area contributed by atoms with Crippen LogP contribution < -0.4 is 5.32 Å². The van der Waals surface area contributed by atoms with Crippen LogP contribution in [0.5, 0.6) is 0 Å². The van der Waals surface area contributed by atoms with Gasteiger partial charge in [-0.2, -0.15) is 5.10 Å². The maximum Gasteiger partial charge on any atom is 0.129 e. The Balaban J connectivity index is 2.47. The van der Waals surface area contributed by atoms with E-state index in [0.717, 1.165) is 18.7 Å². The fourth-order valence-corrected chi connectivity index (χ4v) is 2.49. The van der Waals surface area contributed by atoms with E-state index in [1.165, 1.54) is 6.07 Å². The third kappa shape index (κ3) is 2.80. The lowest BCUT2D eigenvalue weighted by atomic mass is 10.0. The number of halogens is 2. The van der Waals surface area contributed by atoms with Gasteiger partial charge < -0.3 is 5.32 Å². The van der Waals surface area contributed by atoms with Crippen LogP contribution in [0.3, 0.4) is 0 Å². The van der Waals surface area contributed by atoms with Gasteiger partial charge in [0.25, 0.3) is 0 Å². The minimum Gasteiger partial charge on any atom is -0.308 e. The summed E-state index contributed by atoms with van der Waals surface area (Å²) in [5.41, 5.74) is 1.38. The zero-order valence-corrected chi connectivity index (χ0v) is 11.8. The molecule has 0 fully saturated rings. The third-order valence-corrected chi connectivity index (χ3v) is 3.39. The molecule has 0 saturated carbocycles. The monoisotopic (exact) mass is 281 g/mol. The Hall–Kier alpha value is -1.39. The van der Waals surface area contributed by atoms with Crippen molar-refractivity contribution in [3.63, 3.8) is 0 Å². The molecule has 1 aromatic carbocycles. The average molecular weight is 282 g/mol. The molecule has 1 aromatic heterocycles. The fourth-order valence-electron chi connectivity index (χ4n) is 2.21. The van der Waals surface area contributed by atoms with Crippen LogP contribution in [0.4, 0.5) is 4.39 Å². The topological polar surface area (TPSA) is 29.9 Å². The molecule has 19 heavy (non-hydrogen) atoms. The lowest BCUT2D eigenvalue weighted by Crippen LogP contribution is -2.23. The molecule has 1 N–H and O–H groups in total. The molecular formula is C14H17ClFN3. The number of rotatable bonds is 5. The SMILES string of the molecule is CCCn1nccc1C(NC)c1c(F)cccc1Cl. The molecule has 0 bridgehead atoms. The smallest absolute Gasteiger partial charge is 0.129 e. The van der Waals surface area contributed by atoms with Crippen molar-refractivity contribution >= 4 is 11.6 Å². The number of nitrogens with zero attached hydrogens (tertiary/aromatic N) is 2. The summed E-state index contributed by atoms with van der Waals surface area (Å²) < 4.78 is 15.9. The number of nitrogens with one attached hydrogen (secondary N) is 1. The molecule has 0 radical (unpaired) electrons. The van der Waals surface area contributed by atoms with Crippen molar-refractivity contribution in [2.45, 2.75) is 25.9 Å². The summed E-state index contributed by atoms with van der Waals surface area (Å²) in [6.45, 7) is 2.88. The second-order valence-corrected chi connectivity index (χ2v) is 4.74. The number of hydrogen-bond donors (Lipinski definition) is 1. The van der Waals surface area contributed by atoms with E-state index in [4.69, 9.17) is 11.6 Å². The number of aryl methyl sites for hydroxylation is 1. The van der Waals surface area contributed by atoms with Crippen LogP contribution in [-0.2, 0) is 6.54 Å². The van der Waals surface area contributed by atoms with E-state index in [2.05, 4.69) is 17.3 Å². The van der Waals surface area contributed by atoms with Crippen LogP contribution in [0.25, 0.3) is 0 Å². The van der Waals surface area contributed by atoms with E-state index >= 15 is 0 Å². The van der Waals surface area contributed by atoms with Crippen molar-refractivity contribution in [1.29, 1.82) is 0 Å². The lowest BCUT2D eigenvalue weighted by molar-refractivity contribution is 0.516. The second-order valence-electron chi connectivity index (χ2n) is 4.34. The van der Waals surface area contributed by atoms with Gasteiger partial charge in [-0.25, -0.2) is 4.39 Å². The predicted molar refractivity (Wildman–Crippen MR) is 74.8 cm³/mol. The molecular weight excluding hydrogens is 265 g/mol. The molecule has 102 valence electrons. The molecule has 2 aromatic rings. The van der Waals surface area contributed by atoms with Gasteiger partial charge in [-0.05, 0) is 31.7 Å². The highest BCUT2D eigenvalue weighted by molar-refractivity contribution is 6.31. The molecule has 1 unspecified atom stereocenters. The van der Waals surface area contributed by atoms with Crippen molar-refractivity contribution in [2.75, 3.05) is 7.05 Å². The van der Waals surface area contributed by atoms with E-state index in [0.29, 0.717) is 10.6 Å². The van der Waals surface area contributed by atoms with Crippen LogP contribution in [-0.4, -0.2) is 16.8 Å². The minimum atomic E-state index is -0.309. The number of hydrogen-bond acceptors (Lipinski definition) is 2. The van der Waals surface area contributed by atoms with Crippen molar-refractivity contribution in [2.24, 2.45) is 0 Å². The second kappa shape index (κ2) is 6.17. The van der Waals surface area contributed by atoms with E-state index in [9.17, 15) is 4.39 Å². The quantitative estimate of drug-likeness (QED) is 0.910. The molecule has 3 nitrogen and oxygen atoms in total. The van der Waals surface area contributed by atoms with Crippen molar-refractivity contribution in [1.82, 2.24) is 15.1 Å². The highest BCUT2D eigenvalue weighted by atomic mass is 35.5. The minimum absolute atomic E-state index is 0.303. The predicted octanol–water partition coefficient (Wildman–Crippen LogP) is 3.39. The Bertz CT molecular complexity index is 533. The summed E-state index contributed by atoms with van der Waals surface area (Å²) in [6, 6.07) is 6.32. The Labute approximate surface area is 117 Å². The molecule has 5 heteroatoms. The van der Waals surface area contributed by atoms with Gasteiger partial charge in [0, 0.05) is 23.3 Å². The molecule has 0 aliphatic heterocycles. The van der Waals surface area contributed by atoms with Gasteiger partial charge in [0.2, 0.25) is 0 Å². The van der Waals surface area contributed by atoms with Gasteiger partial charge >= 0.3 is 0 Å². The zero-order chi connectivity index (χ0) is 13.8. The first-order chi connectivity index (χ1) is 9.19. The molecule has 2 rings (SSSR count). The van der Waals surface area contributed by atoms with Crippen LogP contribution in [0.1, 0.15) is 30.6 Å². The summed E-state index contributed by atoms with van der Waals surface area (Å²) in [5.74, 6) is -0.309. The van der Waals surface area contributed by atoms with Gasteiger partial charge in [0.15, 0.2) is 0 Å². The van der Waals surface area contributed by atoms with E-state index < -0.39 is 0 Å². The largest absolute Gasteiger partial charge is 0.308 e. The first-order valence-corrected chi connectivity index (χ1v) is 6.69. The fraction of sp³-hybridized carbons (Fsp3) is 0.357. The maximum atomic E-state index is 14.0. The van der Waals surface area contributed by atoms with Crippen molar-refractivity contribution < 1.29 is 4.39 Å². The normalized spacial score (nSPS) is 12.6. The maximum absolute atomic E-state index is 14.0. The van der Waals surface area contributed by atoms with E-state index in [-0.39, 0.29) is 11.9 Å². The molecule has 0 saturated heterocycles. The Morgan fingerprint density at radius 2 is 2.21 bits per heavy atom. The lowest BCUT2D eigenvalue weighted by Gasteiger charge is -2.20. The van der Waals surface area contributed by atoms with Gasteiger partial charge in [-0.3, -0.25) is 4.68 Å². The molecule has 0 aliphatic carbocycles. The average Bonchev–Trinajstić information content (AvgIpc) is 2.83. The number of aromatic nitrogens is 2. The van der Waals surface area contributed by atoms with Crippen LogP contribution in [0.15, 0.2) is 30.5 Å². The molecule has 0 spiro atoms. The van der Waals surface area contributed by atoms with Crippen LogP contribution in [0, 0.1) is 5.82 Å². The molecule has 0 aliphatic rings. The third-order valence-electron chi connectivity index (χ3n) is 3.06. The van der Waals surface area contributed by atoms with Crippen molar-refractivity contribution in [3.8, 4) is 0 Å². The van der Waals surface area contributed by atoms with E-state index in [1.54, 1.807) is 25.4 Å². The molecule has 1 heterocycles. The highest BCUT2D eigenvalue weighted by Crippen LogP contribution is 2.30. The van der Waals surface area contributed by atoms with Crippen LogP contribution in [0.2, 0.25) is 5.02 Å². The van der Waals surface area contributed by atoms with Gasteiger partial charge in [-0.15, -0.1) is 0 Å². The number of benzene rings is 1. The van der Waals surface area contributed by atoms with Crippen molar-refractivity contribution in [3.05, 3.63) is 52.6 Å². The Morgan fingerprint density at radius 3 is 2.84 bits per heavy atom. The molecule has 0 amide bonds. The standard InChI is InChI=1S/C14H17ClFN3/c1-3-9-19-12(7-8-18-19)14(17-2)13-10(15)5-4-6-11(13)16/h4-8,14,17H,3,9H2,1-2H3. The molecule has 1 atom stereocenters. The van der Waals surface area contributed by atoms with E-state index in [1.807, 2.05) is 10.7 Å². The highest BCUT2D eigenvalue weighted by Gasteiger charge is 2.22. The van der Waals surface area contributed by atoms with Crippen LogP contribution >= 0.6 is 11.6 Å². The summed E-state index contributed by atoms with van der Waals surface area (Å²) in [4.78, 5) is 0. The van der Waals surface area contributed by atoms with Gasteiger partial charge in [0.1, 0.15) is 5.82 Å².